The third-order valence-corrected chi connectivity index (χ3v) is 6.65. The van der Waals surface area contributed by atoms with Crippen LogP contribution in [0.3, 0.4) is 0 Å². The first kappa shape index (κ1) is 20.0. The molecule has 1 aromatic carbocycles. The van der Waals surface area contributed by atoms with E-state index in [0.29, 0.717) is 19.5 Å². The minimum atomic E-state index is -0.297. The second-order valence-corrected chi connectivity index (χ2v) is 8.71. The normalized spacial score (nSPS) is 19.6. The number of ether oxygens (including phenoxy) is 1. The van der Waals surface area contributed by atoms with Gasteiger partial charge in [-0.15, -0.1) is 0 Å². The van der Waals surface area contributed by atoms with Gasteiger partial charge in [0.2, 0.25) is 5.91 Å². The Kier molecular flexibility index (Phi) is 5.14. The van der Waals surface area contributed by atoms with Gasteiger partial charge in [-0.3, -0.25) is 14.4 Å². The molecule has 2 amide bonds. The van der Waals surface area contributed by atoms with E-state index in [1.54, 1.807) is 9.47 Å². The van der Waals surface area contributed by atoms with E-state index in [1.165, 1.54) is 12.7 Å². The summed E-state index contributed by atoms with van der Waals surface area (Å²) in [4.78, 5) is 40.8. The number of hydrogen-bond donors (Lipinski definition) is 1. The Hall–Kier alpha value is -2.93. The lowest BCUT2D eigenvalue weighted by Crippen LogP contribution is -2.42. The fourth-order valence-electron chi connectivity index (χ4n) is 4.90. The number of aromatic nitrogens is 1. The number of hydrogen-bond acceptors (Lipinski definition) is 4. The molecular formula is C24H27N3O4. The van der Waals surface area contributed by atoms with Crippen molar-refractivity contribution in [3.8, 4) is 0 Å². The number of nitrogens with zero attached hydrogens (tertiary/aromatic N) is 2. The van der Waals surface area contributed by atoms with E-state index < -0.39 is 0 Å². The summed E-state index contributed by atoms with van der Waals surface area (Å²) in [6.45, 7) is 0.914. The molecule has 0 saturated heterocycles. The Morgan fingerprint density at radius 3 is 2.71 bits per heavy atom. The summed E-state index contributed by atoms with van der Waals surface area (Å²) < 4.78 is 6.70. The van der Waals surface area contributed by atoms with Crippen molar-refractivity contribution < 1.29 is 14.3 Å². The number of aryl methyl sites for hydroxylation is 1. The van der Waals surface area contributed by atoms with Crippen molar-refractivity contribution in [3.63, 3.8) is 0 Å². The molecule has 1 atom stereocenters. The predicted octanol–water partition coefficient (Wildman–Crippen LogP) is 2.13. The summed E-state index contributed by atoms with van der Waals surface area (Å²) in [6, 6.07) is 8.23. The fraction of sp³-hybridized carbons (Fsp3) is 0.458. The minimum Gasteiger partial charge on any atom is -0.375 e. The maximum absolute atomic E-state index is 13.4. The van der Waals surface area contributed by atoms with E-state index >= 15 is 0 Å². The summed E-state index contributed by atoms with van der Waals surface area (Å²) in [5.74, 6) is -0.375. The van der Waals surface area contributed by atoms with Crippen LogP contribution in [0.25, 0.3) is 0 Å². The third kappa shape index (κ3) is 3.67. The summed E-state index contributed by atoms with van der Waals surface area (Å²) in [7, 11) is 1.50. The number of benzene rings is 1. The van der Waals surface area contributed by atoms with Crippen LogP contribution in [-0.2, 0) is 28.9 Å². The quantitative estimate of drug-likeness (QED) is 0.802. The van der Waals surface area contributed by atoms with Crippen LogP contribution in [0.15, 0.2) is 35.3 Å². The molecule has 2 aromatic rings. The lowest BCUT2D eigenvalue weighted by molar-refractivity contribution is -0.136. The van der Waals surface area contributed by atoms with Crippen molar-refractivity contribution in [2.75, 3.05) is 20.3 Å². The number of fused-ring (bicyclic) bond motifs is 2. The zero-order valence-electron chi connectivity index (χ0n) is 17.7. The highest BCUT2D eigenvalue weighted by Crippen LogP contribution is 2.35. The first-order valence-corrected chi connectivity index (χ1v) is 11.0. The topological polar surface area (TPSA) is 80.6 Å². The standard InChI is InChI=1S/C24H27N3O4/c1-31-14-21(28)26-11-10-19-16(12-26)13-27(17-7-8-17)24(30)22(19)23(29)25-20-9-6-15-4-2-3-5-18(15)20/h2-5,13,17,20H,6-12,14H2,1H3,(H,25,29). The molecule has 7 nitrogen and oxygen atoms in total. The molecule has 2 aliphatic carbocycles. The van der Waals surface area contributed by atoms with Crippen molar-refractivity contribution in [2.45, 2.75) is 50.7 Å². The number of carbonyl (C=O) groups excluding carboxylic acids is 2. The fourth-order valence-corrected chi connectivity index (χ4v) is 4.90. The van der Waals surface area contributed by atoms with Gasteiger partial charge in [0.1, 0.15) is 12.2 Å². The van der Waals surface area contributed by atoms with Crippen molar-refractivity contribution in [3.05, 3.63) is 68.6 Å². The van der Waals surface area contributed by atoms with Crippen LogP contribution in [0, 0.1) is 0 Å². The molecule has 1 unspecified atom stereocenters. The Balaban J connectivity index is 1.48. The molecule has 1 N–H and O–H groups in total. The molecule has 1 fully saturated rings. The molecule has 7 heteroatoms. The first-order valence-electron chi connectivity index (χ1n) is 11.0. The largest absolute Gasteiger partial charge is 0.375 e. The van der Waals surface area contributed by atoms with E-state index in [0.717, 1.165) is 42.4 Å². The highest BCUT2D eigenvalue weighted by atomic mass is 16.5. The van der Waals surface area contributed by atoms with E-state index in [2.05, 4.69) is 17.4 Å². The van der Waals surface area contributed by atoms with Crippen molar-refractivity contribution >= 4 is 11.8 Å². The highest BCUT2D eigenvalue weighted by molar-refractivity contribution is 5.96. The molecule has 2 heterocycles. The van der Waals surface area contributed by atoms with Crippen LogP contribution < -0.4 is 10.9 Å². The molecule has 0 radical (unpaired) electrons. The SMILES string of the molecule is COCC(=O)N1CCc2c(cn(C3CC3)c(=O)c2C(=O)NC2CCc3ccccc32)C1. The molecule has 5 rings (SSSR count). The lowest BCUT2D eigenvalue weighted by atomic mass is 9.95. The van der Waals surface area contributed by atoms with Gasteiger partial charge in [0.15, 0.2) is 0 Å². The number of methoxy groups -OCH3 is 1. The van der Waals surface area contributed by atoms with Crippen molar-refractivity contribution in [1.29, 1.82) is 0 Å². The van der Waals surface area contributed by atoms with Crippen molar-refractivity contribution in [2.24, 2.45) is 0 Å². The monoisotopic (exact) mass is 421 g/mol. The number of carbonyl (C=O) groups is 2. The number of rotatable bonds is 5. The molecule has 31 heavy (non-hydrogen) atoms. The zero-order chi connectivity index (χ0) is 21.5. The van der Waals surface area contributed by atoms with E-state index in [4.69, 9.17) is 4.74 Å². The van der Waals surface area contributed by atoms with Gasteiger partial charge >= 0.3 is 0 Å². The lowest BCUT2D eigenvalue weighted by Gasteiger charge is -2.30. The second-order valence-electron chi connectivity index (χ2n) is 8.71. The van der Waals surface area contributed by atoms with Gasteiger partial charge in [-0.2, -0.15) is 0 Å². The molecule has 0 spiro atoms. The predicted molar refractivity (Wildman–Crippen MR) is 115 cm³/mol. The zero-order valence-corrected chi connectivity index (χ0v) is 17.7. The van der Waals surface area contributed by atoms with Gasteiger partial charge < -0.3 is 19.5 Å². The molecule has 3 aliphatic rings. The molecule has 162 valence electrons. The second kappa shape index (κ2) is 7.96. The van der Waals surface area contributed by atoms with Crippen molar-refractivity contribution in [1.82, 2.24) is 14.8 Å². The van der Waals surface area contributed by atoms with E-state index in [-0.39, 0.29) is 41.6 Å². The summed E-state index contributed by atoms with van der Waals surface area (Å²) in [5.41, 5.74) is 4.12. The average Bonchev–Trinajstić information content (AvgIpc) is 3.54. The Bertz CT molecular complexity index is 1100. The molecule has 1 saturated carbocycles. The van der Waals surface area contributed by atoms with Gasteiger partial charge in [0, 0.05) is 32.4 Å². The highest BCUT2D eigenvalue weighted by Gasteiger charge is 2.33. The molecule has 1 aliphatic heterocycles. The average molecular weight is 421 g/mol. The van der Waals surface area contributed by atoms with Gasteiger partial charge in [0.25, 0.3) is 11.5 Å². The molecular weight excluding hydrogens is 394 g/mol. The molecule has 0 bridgehead atoms. The van der Waals surface area contributed by atoms with Crippen LogP contribution in [0.2, 0.25) is 0 Å². The molecule has 1 aromatic heterocycles. The minimum absolute atomic E-state index is 0.0338. The van der Waals surface area contributed by atoms with Crippen LogP contribution in [-0.4, -0.2) is 41.5 Å². The van der Waals surface area contributed by atoms with Gasteiger partial charge in [-0.25, -0.2) is 0 Å². The number of nitrogens with one attached hydrogen (secondary N) is 1. The third-order valence-electron chi connectivity index (χ3n) is 6.65. The van der Waals surface area contributed by atoms with Crippen LogP contribution in [0.4, 0.5) is 0 Å². The Labute approximate surface area is 181 Å². The summed E-state index contributed by atoms with van der Waals surface area (Å²) in [6.07, 6.45) is 6.02. The Morgan fingerprint density at radius 1 is 1.13 bits per heavy atom. The van der Waals surface area contributed by atoms with E-state index in [9.17, 15) is 14.4 Å². The summed E-state index contributed by atoms with van der Waals surface area (Å²) >= 11 is 0. The van der Waals surface area contributed by atoms with Crippen LogP contribution >= 0.6 is 0 Å². The maximum atomic E-state index is 13.4. The van der Waals surface area contributed by atoms with Gasteiger partial charge in [-0.1, -0.05) is 24.3 Å². The Morgan fingerprint density at radius 2 is 1.94 bits per heavy atom. The van der Waals surface area contributed by atoms with E-state index in [1.807, 2.05) is 18.3 Å². The smallest absolute Gasteiger partial charge is 0.263 e. The number of pyridine rings is 1. The number of amides is 2. The first-order chi connectivity index (χ1) is 15.1. The van der Waals surface area contributed by atoms with Gasteiger partial charge in [0.05, 0.1) is 6.04 Å². The van der Waals surface area contributed by atoms with Crippen LogP contribution in [0.1, 0.15) is 64.0 Å². The van der Waals surface area contributed by atoms with Gasteiger partial charge in [-0.05, 0) is 54.4 Å². The summed E-state index contributed by atoms with van der Waals surface area (Å²) in [5, 5.41) is 3.13. The maximum Gasteiger partial charge on any atom is 0.263 e. The van der Waals surface area contributed by atoms with Crippen LogP contribution in [0.5, 0.6) is 0 Å².